The van der Waals surface area contributed by atoms with Crippen LogP contribution in [0.5, 0.6) is 0 Å². The molecule has 1 atom stereocenters. The van der Waals surface area contributed by atoms with Gasteiger partial charge in [0, 0.05) is 13.0 Å². The molecule has 2 amide bonds. The third-order valence-electron chi connectivity index (χ3n) is 5.55. The lowest BCUT2D eigenvalue weighted by Crippen LogP contribution is -2.57. The molecule has 2 aromatic rings. The van der Waals surface area contributed by atoms with E-state index in [-0.39, 0.29) is 12.5 Å². The molecule has 2 N–H and O–H groups in total. The fourth-order valence-electron chi connectivity index (χ4n) is 3.73. The number of amides is 2. The monoisotopic (exact) mass is 410 g/mol. The molecule has 0 radical (unpaired) electrons. The highest BCUT2D eigenvalue weighted by molar-refractivity contribution is 5.91. The molecule has 1 aliphatic carbocycles. The van der Waals surface area contributed by atoms with Crippen molar-refractivity contribution in [3.63, 3.8) is 0 Å². The van der Waals surface area contributed by atoms with E-state index < -0.39 is 29.6 Å². The number of fused-ring (bicyclic) bond motifs is 3. The van der Waals surface area contributed by atoms with Gasteiger partial charge in [0.15, 0.2) is 0 Å². The average molecular weight is 410 g/mol. The Morgan fingerprint density at radius 3 is 2.07 bits per heavy atom. The van der Waals surface area contributed by atoms with Crippen LogP contribution in [0.15, 0.2) is 48.5 Å². The number of likely N-dealkylation sites (N-methyl/N-ethyl adjacent to an activating group) is 1. The van der Waals surface area contributed by atoms with Gasteiger partial charge in [-0.3, -0.25) is 4.79 Å². The van der Waals surface area contributed by atoms with E-state index in [0.717, 1.165) is 27.2 Å². The number of rotatable bonds is 6. The Labute approximate surface area is 175 Å². The van der Waals surface area contributed by atoms with Crippen LogP contribution in [0.2, 0.25) is 0 Å². The molecule has 30 heavy (non-hydrogen) atoms. The SMILES string of the molecule is C[C@@H](C(=O)O)N(C)C(=O)C(C)(C)NC(=O)OCC1c2ccccc2-c2ccccc21. The van der Waals surface area contributed by atoms with Crippen LogP contribution in [-0.4, -0.2) is 53.2 Å². The number of hydrogen-bond donors (Lipinski definition) is 2. The summed E-state index contributed by atoms with van der Waals surface area (Å²) in [4.78, 5) is 37.3. The fourth-order valence-corrected chi connectivity index (χ4v) is 3.73. The van der Waals surface area contributed by atoms with Gasteiger partial charge >= 0.3 is 12.1 Å². The predicted molar refractivity (Wildman–Crippen MR) is 112 cm³/mol. The van der Waals surface area contributed by atoms with E-state index >= 15 is 0 Å². The quantitative estimate of drug-likeness (QED) is 0.762. The van der Waals surface area contributed by atoms with Crippen molar-refractivity contribution in [2.75, 3.05) is 13.7 Å². The van der Waals surface area contributed by atoms with Crippen molar-refractivity contribution < 1.29 is 24.2 Å². The van der Waals surface area contributed by atoms with Crippen molar-refractivity contribution in [1.29, 1.82) is 0 Å². The zero-order chi connectivity index (χ0) is 22.1. The standard InChI is InChI=1S/C23H26N2O5/c1-14(20(26)27)25(4)21(28)23(2,3)24-22(29)30-13-19-17-11-7-5-9-15(17)16-10-6-8-12-18(16)19/h5-12,14,19H,13H2,1-4H3,(H,24,29)(H,26,27)/t14-/m0/s1. The van der Waals surface area contributed by atoms with Gasteiger partial charge in [0.2, 0.25) is 5.91 Å². The number of hydrogen-bond acceptors (Lipinski definition) is 4. The highest BCUT2D eigenvalue weighted by atomic mass is 16.5. The van der Waals surface area contributed by atoms with Gasteiger partial charge in [-0.25, -0.2) is 9.59 Å². The third-order valence-corrected chi connectivity index (χ3v) is 5.55. The Morgan fingerprint density at radius 2 is 1.57 bits per heavy atom. The van der Waals surface area contributed by atoms with Crippen molar-refractivity contribution in [2.45, 2.75) is 38.3 Å². The number of alkyl carbamates (subject to hydrolysis) is 1. The molecule has 0 aromatic heterocycles. The summed E-state index contributed by atoms with van der Waals surface area (Å²) in [6.07, 6.45) is -0.730. The van der Waals surface area contributed by atoms with E-state index in [1.807, 2.05) is 36.4 Å². The lowest BCUT2D eigenvalue weighted by molar-refractivity contribution is -0.150. The average Bonchev–Trinajstić information content (AvgIpc) is 3.04. The van der Waals surface area contributed by atoms with Crippen LogP contribution in [-0.2, 0) is 14.3 Å². The number of carbonyl (C=O) groups is 3. The number of benzene rings is 2. The summed E-state index contributed by atoms with van der Waals surface area (Å²) in [5.41, 5.74) is 3.12. The molecule has 0 aliphatic heterocycles. The van der Waals surface area contributed by atoms with E-state index in [4.69, 9.17) is 9.84 Å². The highest BCUT2D eigenvalue weighted by Crippen LogP contribution is 2.44. The minimum Gasteiger partial charge on any atom is -0.480 e. The first-order chi connectivity index (χ1) is 14.1. The maximum absolute atomic E-state index is 12.6. The van der Waals surface area contributed by atoms with Gasteiger partial charge in [0.05, 0.1) is 0 Å². The first-order valence-electron chi connectivity index (χ1n) is 9.76. The molecule has 0 unspecified atom stereocenters. The fraction of sp³-hybridized carbons (Fsp3) is 0.348. The number of ether oxygens (including phenoxy) is 1. The zero-order valence-corrected chi connectivity index (χ0v) is 17.5. The summed E-state index contributed by atoms with van der Waals surface area (Å²) >= 11 is 0. The van der Waals surface area contributed by atoms with E-state index in [1.165, 1.54) is 27.8 Å². The highest BCUT2D eigenvalue weighted by Gasteiger charge is 2.36. The Balaban J connectivity index is 1.68. The molecule has 0 saturated carbocycles. The number of nitrogens with one attached hydrogen (secondary N) is 1. The van der Waals surface area contributed by atoms with Crippen molar-refractivity contribution in [3.05, 3.63) is 59.7 Å². The van der Waals surface area contributed by atoms with Crippen LogP contribution in [0.4, 0.5) is 4.79 Å². The Morgan fingerprint density at radius 1 is 1.07 bits per heavy atom. The van der Waals surface area contributed by atoms with Gasteiger partial charge in [-0.05, 0) is 43.0 Å². The normalized spacial score (nSPS) is 13.7. The molecule has 0 fully saturated rings. The van der Waals surface area contributed by atoms with E-state index in [1.54, 1.807) is 0 Å². The van der Waals surface area contributed by atoms with Crippen molar-refractivity contribution in [1.82, 2.24) is 10.2 Å². The van der Waals surface area contributed by atoms with Gasteiger partial charge in [-0.15, -0.1) is 0 Å². The molecule has 1 aliphatic rings. The van der Waals surface area contributed by atoms with E-state index in [0.29, 0.717) is 0 Å². The molecule has 7 heteroatoms. The molecule has 0 bridgehead atoms. The summed E-state index contributed by atoms with van der Waals surface area (Å²) in [7, 11) is 1.39. The number of nitrogens with zero attached hydrogens (tertiary/aromatic N) is 1. The van der Waals surface area contributed by atoms with Gasteiger partial charge in [0.1, 0.15) is 18.2 Å². The minimum absolute atomic E-state index is 0.0864. The Kier molecular flexibility index (Phi) is 5.82. The van der Waals surface area contributed by atoms with Gasteiger partial charge in [0.25, 0.3) is 0 Å². The van der Waals surface area contributed by atoms with Crippen LogP contribution < -0.4 is 5.32 Å². The lowest BCUT2D eigenvalue weighted by atomic mass is 9.98. The first kappa shape index (κ1) is 21.4. The number of carboxylic acid groups (broad SMARTS) is 1. The lowest BCUT2D eigenvalue weighted by Gasteiger charge is -2.32. The maximum Gasteiger partial charge on any atom is 0.408 e. The topological polar surface area (TPSA) is 95.9 Å². The number of aliphatic carboxylic acids is 1. The molecule has 0 spiro atoms. The molecule has 2 aromatic carbocycles. The molecule has 158 valence electrons. The minimum atomic E-state index is -1.32. The van der Waals surface area contributed by atoms with Gasteiger partial charge in [-0.1, -0.05) is 48.5 Å². The molecule has 0 saturated heterocycles. The second-order valence-corrected chi connectivity index (χ2v) is 8.01. The van der Waals surface area contributed by atoms with Crippen LogP contribution >= 0.6 is 0 Å². The van der Waals surface area contributed by atoms with Gasteiger partial charge in [-0.2, -0.15) is 0 Å². The Bertz CT molecular complexity index is 940. The van der Waals surface area contributed by atoms with Crippen LogP contribution in [0.3, 0.4) is 0 Å². The van der Waals surface area contributed by atoms with E-state index in [2.05, 4.69) is 17.4 Å². The van der Waals surface area contributed by atoms with Crippen molar-refractivity contribution >= 4 is 18.0 Å². The molecule has 3 rings (SSSR count). The predicted octanol–water partition coefficient (Wildman–Crippen LogP) is 3.24. The molecular weight excluding hydrogens is 384 g/mol. The maximum atomic E-state index is 12.6. The smallest absolute Gasteiger partial charge is 0.408 e. The second kappa shape index (κ2) is 8.18. The van der Waals surface area contributed by atoms with E-state index in [9.17, 15) is 14.4 Å². The van der Waals surface area contributed by atoms with Crippen LogP contribution in [0.25, 0.3) is 11.1 Å². The summed E-state index contributed by atoms with van der Waals surface area (Å²) in [5.74, 6) is -1.73. The van der Waals surface area contributed by atoms with Crippen molar-refractivity contribution in [2.24, 2.45) is 0 Å². The summed E-state index contributed by atoms with van der Waals surface area (Å²) < 4.78 is 5.48. The number of carbonyl (C=O) groups excluding carboxylic acids is 2. The zero-order valence-electron chi connectivity index (χ0n) is 17.5. The number of carboxylic acids is 1. The molecule has 0 heterocycles. The molecular formula is C23H26N2O5. The second-order valence-electron chi connectivity index (χ2n) is 8.01. The van der Waals surface area contributed by atoms with Crippen LogP contribution in [0.1, 0.15) is 37.8 Å². The van der Waals surface area contributed by atoms with Gasteiger partial charge < -0.3 is 20.1 Å². The summed E-state index contributed by atoms with van der Waals surface area (Å²) in [6.45, 7) is 4.57. The first-order valence-corrected chi connectivity index (χ1v) is 9.76. The largest absolute Gasteiger partial charge is 0.480 e. The third kappa shape index (κ3) is 4.01. The Hall–Kier alpha value is -3.35. The molecule has 7 nitrogen and oxygen atoms in total. The van der Waals surface area contributed by atoms with Crippen molar-refractivity contribution in [3.8, 4) is 11.1 Å². The summed E-state index contributed by atoms with van der Waals surface area (Å²) in [6, 6.07) is 15.0. The summed E-state index contributed by atoms with van der Waals surface area (Å²) in [5, 5.41) is 11.7. The van der Waals surface area contributed by atoms with Crippen LogP contribution in [0, 0.1) is 0 Å².